The molecule has 1 aliphatic rings. The third-order valence-electron chi connectivity index (χ3n) is 1.50. The van der Waals surface area contributed by atoms with Crippen LogP contribution in [0.2, 0.25) is 0 Å². The van der Waals surface area contributed by atoms with Crippen LogP contribution in [0.15, 0.2) is 21.5 Å². The van der Waals surface area contributed by atoms with Crippen LogP contribution >= 0.6 is 0 Å². The molecule has 0 amide bonds. The smallest absolute Gasteiger partial charge is 0.359 e. The maximum Gasteiger partial charge on any atom is 0.359 e. The van der Waals surface area contributed by atoms with Crippen molar-refractivity contribution < 1.29 is 19.1 Å². The fourth-order valence-corrected chi connectivity index (χ4v) is 0.857. The Balaban J connectivity index is 2.94. The van der Waals surface area contributed by atoms with Gasteiger partial charge in [-0.15, -0.1) is 5.11 Å². The van der Waals surface area contributed by atoms with Crippen LogP contribution in [0.3, 0.4) is 0 Å². The molecule has 0 aromatic carbocycles. The highest BCUT2D eigenvalue weighted by Gasteiger charge is 2.25. The number of nitrogens with zero attached hydrogens (tertiary/aromatic N) is 2. The summed E-state index contributed by atoms with van der Waals surface area (Å²) in [5.41, 5.74) is 0.0590. The Labute approximate surface area is 74.2 Å². The monoisotopic (exact) mass is 184 g/mol. The zero-order valence-corrected chi connectivity index (χ0v) is 7.23. The Morgan fingerprint density at radius 2 is 1.85 bits per heavy atom. The molecule has 0 aromatic heterocycles. The van der Waals surface area contributed by atoms with Crippen LogP contribution in [0.25, 0.3) is 0 Å². The molecule has 6 heteroatoms. The van der Waals surface area contributed by atoms with Gasteiger partial charge in [0.15, 0.2) is 5.70 Å². The number of hydrogen-bond acceptors (Lipinski definition) is 6. The highest BCUT2D eigenvalue weighted by Crippen LogP contribution is 2.17. The van der Waals surface area contributed by atoms with Crippen molar-refractivity contribution in [2.24, 2.45) is 10.2 Å². The van der Waals surface area contributed by atoms with Crippen molar-refractivity contribution >= 4 is 11.9 Å². The Bertz CT molecular complexity index is 306. The third-order valence-corrected chi connectivity index (χ3v) is 1.50. The second-order valence-electron chi connectivity index (χ2n) is 2.21. The molecule has 0 fully saturated rings. The molecule has 1 aliphatic heterocycles. The van der Waals surface area contributed by atoms with Gasteiger partial charge in [-0.05, 0) is 0 Å². The maximum atomic E-state index is 11.0. The van der Waals surface area contributed by atoms with Crippen molar-refractivity contribution in [1.29, 1.82) is 0 Å². The molecule has 1 heterocycles. The van der Waals surface area contributed by atoms with Gasteiger partial charge in [-0.1, -0.05) is 0 Å². The number of ether oxygens (including phenoxy) is 2. The summed E-state index contributed by atoms with van der Waals surface area (Å²) in [6.07, 6.45) is 0. The van der Waals surface area contributed by atoms with E-state index in [1.807, 2.05) is 0 Å². The predicted molar refractivity (Wildman–Crippen MR) is 40.8 cm³/mol. The van der Waals surface area contributed by atoms with Crippen LogP contribution in [0.4, 0.5) is 0 Å². The minimum Gasteiger partial charge on any atom is -0.466 e. The third kappa shape index (κ3) is 1.71. The average Bonchev–Trinajstić information content (AvgIpc) is 2.63. The summed E-state index contributed by atoms with van der Waals surface area (Å²) in [6, 6.07) is 0. The molecule has 0 atom stereocenters. The number of hydrogen-bond donors (Lipinski definition) is 0. The van der Waals surface area contributed by atoms with E-state index in [1.54, 1.807) is 0 Å². The summed E-state index contributed by atoms with van der Waals surface area (Å²) < 4.78 is 8.84. The summed E-state index contributed by atoms with van der Waals surface area (Å²) in [7, 11) is 2.43. The van der Waals surface area contributed by atoms with Gasteiger partial charge in [-0.3, -0.25) is 0 Å². The van der Waals surface area contributed by atoms with E-state index in [-0.39, 0.29) is 17.8 Å². The van der Waals surface area contributed by atoms with Gasteiger partial charge >= 0.3 is 11.9 Å². The van der Waals surface area contributed by atoms with Crippen molar-refractivity contribution in [2.75, 3.05) is 20.8 Å². The van der Waals surface area contributed by atoms with E-state index < -0.39 is 11.9 Å². The number of carbonyl (C=O) groups excluding carboxylic acids is 2. The van der Waals surface area contributed by atoms with E-state index in [9.17, 15) is 9.59 Å². The van der Waals surface area contributed by atoms with Crippen LogP contribution in [0, 0.1) is 0 Å². The fourth-order valence-electron chi connectivity index (χ4n) is 0.857. The fraction of sp³-hybridized carbons (Fsp3) is 0.429. The Kier molecular flexibility index (Phi) is 2.73. The lowest BCUT2D eigenvalue weighted by Gasteiger charge is -1.99. The number of rotatable bonds is 2. The number of esters is 2. The first-order valence-electron chi connectivity index (χ1n) is 3.48. The first-order valence-corrected chi connectivity index (χ1v) is 3.48. The summed E-state index contributed by atoms with van der Waals surface area (Å²) in [5, 5.41) is 7.02. The van der Waals surface area contributed by atoms with Gasteiger partial charge in [0, 0.05) is 0 Å². The zero-order chi connectivity index (χ0) is 9.84. The van der Waals surface area contributed by atoms with Crippen molar-refractivity contribution in [3.05, 3.63) is 11.3 Å². The van der Waals surface area contributed by atoms with Gasteiger partial charge in [0.1, 0.15) is 0 Å². The van der Waals surface area contributed by atoms with Gasteiger partial charge in [0.25, 0.3) is 0 Å². The van der Waals surface area contributed by atoms with Crippen molar-refractivity contribution in [2.45, 2.75) is 0 Å². The SMILES string of the molecule is COC(=O)C1=C(C(=O)OC)N=NC1. The lowest BCUT2D eigenvalue weighted by Crippen LogP contribution is -2.12. The van der Waals surface area contributed by atoms with Gasteiger partial charge in [0.2, 0.25) is 0 Å². The van der Waals surface area contributed by atoms with E-state index in [4.69, 9.17) is 0 Å². The predicted octanol–water partition coefficient (Wildman–Crippen LogP) is 0.0523. The molecule has 1 rings (SSSR count). The van der Waals surface area contributed by atoms with E-state index in [1.165, 1.54) is 14.2 Å². The molecule has 0 radical (unpaired) electrons. The van der Waals surface area contributed by atoms with Gasteiger partial charge < -0.3 is 9.47 Å². The molecule has 0 bridgehead atoms. The van der Waals surface area contributed by atoms with Crippen molar-refractivity contribution in [3.63, 3.8) is 0 Å². The molecule has 0 N–H and O–H groups in total. The quantitative estimate of drug-likeness (QED) is 0.568. The van der Waals surface area contributed by atoms with E-state index >= 15 is 0 Å². The van der Waals surface area contributed by atoms with E-state index in [0.717, 1.165) is 0 Å². The lowest BCUT2D eigenvalue weighted by molar-refractivity contribution is -0.139. The Hall–Kier alpha value is -1.72. The summed E-state index contributed by atoms with van der Waals surface area (Å²) >= 11 is 0. The summed E-state index contributed by atoms with van der Waals surface area (Å²) in [4.78, 5) is 22.0. The second-order valence-corrected chi connectivity index (χ2v) is 2.21. The van der Waals surface area contributed by atoms with E-state index in [0.29, 0.717) is 0 Å². The zero-order valence-electron chi connectivity index (χ0n) is 7.23. The minimum atomic E-state index is -0.679. The molecule has 6 nitrogen and oxygen atoms in total. The highest BCUT2D eigenvalue weighted by molar-refractivity contribution is 6.00. The standard InChI is InChI=1S/C7H8N2O4/c1-12-6(10)4-3-8-9-5(4)7(11)13-2/h3H2,1-2H3. The number of methoxy groups -OCH3 is 2. The molecule has 70 valence electrons. The Morgan fingerprint density at radius 1 is 1.23 bits per heavy atom. The molecule has 0 aromatic rings. The van der Waals surface area contributed by atoms with Gasteiger partial charge in [0.05, 0.1) is 26.3 Å². The van der Waals surface area contributed by atoms with Crippen molar-refractivity contribution in [3.8, 4) is 0 Å². The van der Waals surface area contributed by atoms with Crippen molar-refractivity contribution in [1.82, 2.24) is 0 Å². The van der Waals surface area contributed by atoms with Crippen LogP contribution in [0.5, 0.6) is 0 Å². The number of azo groups is 1. The topological polar surface area (TPSA) is 77.3 Å². The van der Waals surface area contributed by atoms with Gasteiger partial charge in [-0.2, -0.15) is 5.11 Å². The molecule has 0 saturated heterocycles. The van der Waals surface area contributed by atoms with Gasteiger partial charge in [-0.25, -0.2) is 9.59 Å². The molecule has 0 saturated carbocycles. The molecular weight excluding hydrogens is 176 g/mol. The van der Waals surface area contributed by atoms with Crippen LogP contribution in [0.1, 0.15) is 0 Å². The van der Waals surface area contributed by atoms with Crippen LogP contribution in [-0.4, -0.2) is 32.7 Å². The molecular formula is C7H8N2O4. The normalized spacial score (nSPS) is 14.6. The summed E-state index contributed by atoms with van der Waals surface area (Å²) in [6.45, 7) is 0.0666. The number of carbonyl (C=O) groups is 2. The second kappa shape index (κ2) is 3.79. The van der Waals surface area contributed by atoms with Crippen LogP contribution < -0.4 is 0 Å². The molecule has 0 aliphatic carbocycles. The molecule has 0 unspecified atom stereocenters. The maximum absolute atomic E-state index is 11.0. The Morgan fingerprint density at radius 3 is 2.38 bits per heavy atom. The first kappa shape index (κ1) is 9.37. The average molecular weight is 184 g/mol. The highest BCUT2D eigenvalue weighted by atomic mass is 16.5. The van der Waals surface area contributed by atoms with Crippen LogP contribution in [-0.2, 0) is 19.1 Å². The largest absolute Gasteiger partial charge is 0.466 e. The first-order chi connectivity index (χ1) is 6.20. The summed E-state index contributed by atoms with van der Waals surface area (Å²) in [5.74, 6) is -1.29. The molecule has 13 heavy (non-hydrogen) atoms. The van der Waals surface area contributed by atoms with E-state index in [2.05, 4.69) is 19.7 Å². The minimum absolute atomic E-state index is 0.0666. The lowest BCUT2D eigenvalue weighted by atomic mass is 10.2. The molecule has 0 spiro atoms.